The van der Waals surface area contributed by atoms with Crippen molar-refractivity contribution in [2.45, 2.75) is 29.8 Å². The number of aromatic nitrogens is 2. The highest BCUT2D eigenvalue weighted by molar-refractivity contribution is 7.98. The molecular weight excluding hydrogens is 440 g/mol. The van der Waals surface area contributed by atoms with Crippen molar-refractivity contribution in [2.24, 2.45) is 0 Å². The van der Waals surface area contributed by atoms with Gasteiger partial charge < -0.3 is 19.1 Å². The number of benzene rings is 1. The van der Waals surface area contributed by atoms with Crippen LogP contribution >= 0.6 is 11.8 Å². The fraction of sp³-hybridized carbons (Fsp3) is 0.250. The van der Waals surface area contributed by atoms with Crippen molar-refractivity contribution < 1.29 is 18.4 Å². The molecule has 1 aliphatic rings. The van der Waals surface area contributed by atoms with Crippen LogP contribution in [0, 0.1) is 0 Å². The lowest BCUT2D eigenvalue weighted by atomic mass is 10.0. The van der Waals surface area contributed by atoms with Crippen LogP contribution in [0.2, 0.25) is 0 Å². The molecule has 0 atom stereocenters. The smallest absolute Gasteiger partial charge is 0.289 e. The summed E-state index contributed by atoms with van der Waals surface area (Å²) in [5.41, 5.74) is 1.50. The van der Waals surface area contributed by atoms with Gasteiger partial charge in [0.25, 0.3) is 11.8 Å². The van der Waals surface area contributed by atoms with Crippen LogP contribution in [0.5, 0.6) is 0 Å². The lowest BCUT2D eigenvalue weighted by Crippen LogP contribution is -2.46. The van der Waals surface area contributed by atoms with Crippen LogP contribution in [0.15, 0.2) is 75.1 Å². The van der Waals surface area contributed by atoms with E-state index in [2.05, 4.69) is 15.3 Å². The number of amides is 2. The van der Waals surface area contributed by atoms with E-state index < -0.39 is 0 Å². The predicted octanol–water partition coefficient (Wildman–Crippen LogP) is 4.14. The average molecular weight is 463 g/mol. The number of rotatable bonds is 6. The largest absolute Gasteiger partial charge is 0.459 e. The summed E-state index contributed by atoms with van der Waals surface area (Å²) >= 11 is 1.46. The fourth-order valence-corrected chi connectivity index (χ4v) is 4.79. The van der Waals surface area contributed by atoms with E-state index in [0.717, 1.165) is 10.9 Å². The molecule has 0 saturated carbocycles. The Morgan fingerprint density at radius 2 is 1.85 bits per heavy atom. The molecule has 3 aromatic heterocycles. The van der Waals surface area contributed by atoms with Crippen molar-refractivity contribution in [2.75, 3.05) is 13.1 Å². The second kappa shape index (κ2) is 9.50. The average Bonchev–Trinajstić information content (AvgIpc) is 3.52. The van der Waals surface area contributed by atoms with Crippen molar-refractivity contribution in [1.82, 2.24) is 20.2 Å². The first-order valence-corrected chi connectivity index (χ1v) is 11.7. The molecule has 0 aliphatic carbocycles. The molecule has 4 aromatic rings. The number of hydrogen-bond donors (Lipinski definition) is 1. The molecule has 1 N–H and O–H groups in total. The number of likely N-dealkylation sites (tertiary alicyclic amines) is 1. The number of nitrogens with one attached hydrogen (secondary N) is 1. The second-order valence-electron chi connectivity index (χ2n) is 7.74. The van der Waals surface area contributed by atoms with Gasteiger partial charge in [0.1, 0.15) is 5.58 Å². The van der Waals surface area contributed by atoms with Gasteiger partial charge in [0, 0.05) is 48.2 Å². The van der Waals surface area contributed by atoms with Crippen LogP contribution in [-0.2, 0) is 5.75 Å². The van der Waals surface area contributed by atoms with E-state index in [1.165, 1.54) is 18.0 Å². The van der Waals surface area contributed by atoms with Gasteiger partial charge in [-0.2, -0.15) is 0 Å². The van der Waals surface area contributed by atoms with E-state index in [-0.39, 0.29) is 17.9 Å². The van der Waals surface area contributed by atoms with Crippen molar-refractivity contribution in [1.29, 1.82) is 0 Å². The Morgan fingerprint density at radius 3 is 2.61 bits per heavy atom. The summed E-state index contributed by atoms with van der Waals surface area (Å²) in [6.45, 7) is 1.11. The van der Waals surface area contributed by atoms with Crippen molar-refractivity contribution >= 4 is 34.5 Å². The maximum atomic E-state index is 13.2. The van der Waals surface area contributed by atoms with Gasteiger partial charge in [-0.25, -0.2) is 9.97 Å². The SMILES string of the molecule is O=C(NC1CCN(C(=O)c2ccco2)CC1)c1oc2ccccc2c1CSc1ncccn1. The van der Waals surface area contributed by atoms with Crippen molar-refractivity contribution in [3.8, 4) is 0 Å². The molecule has 1 aromatic carbocycles. The minimum atomic E-state index is -0.244. The highest BCUT2D eigenvalue weighted by atomic mass is 32.2. The van der Waals surface area contributed by atoms with Crippen LogP contribution in [-0.4, -0.2) is 45.8 Å². The molecule has 5 rings (SSSR count). The van der Waals surface area contributed by atoms with Gasteiger partial charge in [-0.1, -0.05) is 30.0 Å². The number of hydrogen-bond acceptors (Lipinski definition) is 7. The maximum Gasteiger partial charge on any atom is 0.289 e. The number of fused-ring (bicyclic) bond motifs is 1. The summed E-state index contributed by atoms with van der Waals surface area (Å²) in [6.07, 6.45) is 6.22. The Hall–Kier alpha value is -3.59. The fourth-order valence-electron chi connectivity index (χ4n) is 3.96. The molecule has 1 aliphatic heterocycles. The Balaban J connectivity index is 1.27. The molecule has 1 fully saturated rings. The Kier molecular flexibility index (Phi) is 6.12. The third kappa shape index (κ3) is 4.63. The van der Waals surface area contributed by atoms with Crippen molar-refractivity contribution in [3.63, 3.8) is 0 Å². The predicted molar refractivity (Wildman–Crippen MR) is 123 cm³/mol. The lowest BCUT2D eigenvalue weighted by Gasteiger charge is -2.31. The molecule has 168 valence electrons. The third-order valence-electron chi connectivity index (χ3n) is 5.64. The Bertz CT molecular complexity index is 1250. The molecule has 9 heteroatoms. The minimum absolute atomic E-state index is 0.0377. The summed E-state index contributed by atoms with van der Waals surface area (Å²) < 4.78 is 11.2. The van der Waals surface area contributed by atoms with Gasteiger partial charge in [0.2, 0.25) is 0 Å². The summed E-state index contributed by atoms with van der Waals surface area (Å²) in [5, 5.41) is 4.64. The zero-order chi connectivity index (χ0) is 22.6. The van der Waals surface area contributed by atoms with Crippen LogP contribution in [0.1, 0.15) is 39.5 Å². The van der Waals surface area contributed by atoms with E-state index in [0.29, 0.717) is 53.9 Å². The molecule has 33 heavy (non-hydrogen) atoms. The number of carbonyl (C=O) groups is 2. The standard InChI is InChI=1S/C24H22N4O4S/c29-22(27-16-8-12-28(13-9-16)23(30)20-7-3-14-31-20)21-18(15-33-24-25-10-4-11-26-24)17-5-1-2-6-19(17)32-21/h1-7,10-11,14,16H,8-9,12-13,15H2,(H,27,29). The zero-order valence-electron chi connectivity index (χ0n) is 17.8. The monoisotopic (exact) mass is 462 g/mol. The number of carbonyl (C=O) groups excluding carboxylic acids is 2. The van der Waals surface area contributed by atoms with Gasteiger partial charge in [-0.3, -0.25) is 9.59 Å². The van der Waals surface area contributed by atoms with E-state index in [1.807, 2.05) is 24.3 Å². The van der Waals surface area contributed by atoms with Crippen LogP contribution < -0.4 is 5.32 Å². The molecule has 2 amide bonds. The molecule has 0 unspecified atom stereocenters. The quantitative estimate of drug-likeness (QED) is 0.339. The highest BCUT2D eigenvalue weighted by Gasteiger charge is 2.28. The zero-order valence-corrected chi connectivity index (χ0v) is 18.6. The highest BCUT2D eigenvalue weighted by Crippen LogP contribution is 2.31. The first kappa shape index (κ1) is 21.3. The van der Waals surface area contributed by atoms with Crippen molar-refractivity contribution in [3.05, 3.63) is 78.2 Å². The van der Waals surface area contributed by atoms with Crippen LogP contribution in [0.4, 0.5) is 0 Å². The summed E-state index contributed by atoms with van der Waals surface area (Å²) in [5.74, 6) is 0.800. The molecule has 0 spiro atoms. The van der Waals surface area contributed by atoms with E-state index in [9.17, 15) is 9.59 Å². The molecule has 1 saturated heterocycles. The van der Waals surface area contributed by atoms with Crippen LogP contribution in [0.3, 0.4) is 0 Å². The van der Waals surface area contributed by atoms with E-state index in [4.69, 9.17) is 8.83 Å². The molecular formula is C24H22N4O4S. The van der Waals surface area contributed by atoms with Gasteiger partial charge in [0.05, 0.1) is 6.26 Å². The second-order valence-corrected chi connectivity index (χ2v) is 8.69. The first-order valence-electron chi connectivity index (χ1n) is 10.7. The summed E-state index contributed by atoms with van der Waals surface area (Å²) in [4.78, 5) is 35.9. The minimum Gasteiger partial charge on any atom is -0.459 e. The van der Waals surface area contributed by atoms with E-state index >= 15 is 0 Å². The van der Waals surface area contributed by atoms with Crippen LogP contribution in [0.25, 0.3) is 11.0 Å². The Morgan fingerprint density at radius 1 is 1.06 bits per heavy atom. The molecule has 0 bridgehead atoms. The topological polar surface area (TPSA) is 101 Å². The first-order chi connectivity index (χ1) is 16.2. The Labute approximate surface area is 194 Å². The number of nitrogens with zero attached hydrogens (tertiary/aromatic N) is 3. The normalized spacial score (nSPS) is 14.5. The molecule has 0 radical (unpaired) electrons. The number of thioether (sulfide) groups is 1. The van der Waals surface area contributed by atoms with Gasteiger partial charge in [-0.05, 0) is 37.1 Å². The van der Waals surface area contributed by atoms with Gasteiger partial charge >= 0.3 is 0 Å². The van der Waals surface area contributed by atoms with E-state index in [1.54, 1.807) is 35.5 Å². The third-order valence-corrected chi connectivity index (χ3v) is 6.54. The lowest BCUT2D eigenvalue weighted by molar-refractivity contribution is 0.0665. The molecule has 8 nitrogen and oxygen atoms in total. The summed E-state index contributed by atoms with van der Waals surface area (Å²) in [6, 6.07) is 12.7. The number of piperidine rings is 1. The number of furan rings is 2. The summed E-state index contributed by atoms with van der Waals surface area (Å²) in [7, 11) is 0. The number of para-hydroxylation sites is 1. The van der Waals surface area contributed by atoms with Gasteiger partial charge in [-0.15, -0.1) is 0 Å². The molecule has 4 heterocycles. The van der Waals surface area contributed by atoms with Gasteiger partial charge in [0.15, 0.2) is 16.7 Å². The maximum absolute atomic E-state index is 13.2.